The molecule has 3 rings (SSSR count). The summed E-state index contributed by atoms with van der Waals surface area (Å²) in [6, 6.07) is 10.6. The molecule has 1 aliphatic rings. The van der Waals surface area contributed by atoms with E-state index in [0.29, 0.717) is 33.0 Å². The van der Waals surface area contributed by atoms with E-state index in [1.165, 1.54) is 0 Å². The second kappa shape index (κ2) is 6.50. The Morgan fingerprint density at radius 1 is 1.17 bits per heavy atom. The summed E-state index contributed by atoms with van der Waals surface area (Å²) in [6.45, 7) is 0. The van der Waals surface area contributed by atoms with Crippen LogP contribution in [0.15, 0.2) is 40.9 Å². The third kappa shape index (κ3) is 3.12. The van der Waals surface area contributed by atoms with E-state index >= 15 is 0 Å². The van der Waals surface area contributed by atoms with Gasteiger partial charge in [0.2, 0.25) is 12.0 Å². The van der Waals surface area contributed by atoms with Gasteiger partial charge in [-0.05, 0) is 30.3 Å². The van der Waals surface area contributed by atoms with Gasteiger partial charge in [0.1, 0.15) is 5.75 Å². The molecular weight excluding hydrogens is 364 g/mol. The van der Waals surface area contributed by atoms with E-state index in [1.54, 1.807) is 44.6 Å². The molecule has 23 heavy (non-hydrogen) atoms. The maximum absolute atomic E-state index is 12.5. The summed E-state index contributed by atoms with van der Waals surface area (Å²) in [5.74, 6) is 2.20. The number of Topliss-reactive ketones (excluding diaryl/α,β-unsaturated/α-hetero) is 1. The Hall–Kier alpha value is -2.21. The van der Waals surface area contributed by atoms with Crippen molar-refractivity contribution in [1.82, 2.24) is 0 Å². The molecule has 0 bridgehead atoms. The highest BCUT2D eigenvalue weighted by atomic mass is 79.9. The SMILES string of the molecule is COc1ccc(Br)c(C(=O)CC2Oc3cccc(OC)c3O2)c1. The lowest BCUT2D eigenvalue weighted by atomic mass is 10.1. The summed E-state index contributed by atoms with van der Waals surface area (Å²) < 4.78 is 22.5. The van der Waals surface area contributed by atoms with E-state index in [9.17, 15) is 4.79 Å². The molecule has 0 spiro atoms. The molecule has 120 valence electrons. The highest BCUT2D eigenvalue weighted by molar-refractivity contribution is 9.10. The van der Waals surface area contributed by atoms with Crippen LogP contribution in [0.1, 0.15) is 16.8 Å². The fraction of sp³-hybridized carbons (Fsp3) is 0.235. The minimum Gasteiger partial charge on any atom is -0.497 e. The largest absolute Gasteiger partial charge is 0.497 e. The van der Waals surface area contributed by atoms with Crippen LogP contribution < -0.4 is 18.9 Å². The summed E-state index contributed by atoms with van der Waals surface area (Å²) >= 11 is 3.38. The van der Waals surface area contributed by atoms with Gasteiger partial charge in [-0.15, -0.1) is 0 Å². The smallest absolute Gasteiger partial charge is 0.248 e. The Morgan fingerprint density at radius 3 is 2.74 bits per heavy atom. The van der Waals surface area contributed by atoms with Crippen molar-refractivity contribution in [1.29, 1.82) is 0 Å². The number of benzene rings is 2. The number of fused-ring (bicyclic) bond motifs is 1. The van der Waals surface area contributed by atoms with Gasteiger partial charge in [0.05, 0.1) is 20.6 Å². The van der Waals surface area contributed by atoms with Gasteiger partial charge in [-0.1, -0.05) is 22.0 Å². The number of carbonyl (C=O) groups is 1. The van der Waals surface area contributed by atoms with E-state index in [-0.39, 0.29) is 12.2 Å². The third-order valence-corrected chi connectivity index (χ3v) is 4.19. The van der Waals surface area contributed by atoms with Gasteiger partial charge in [0.15, 0.2) is 17.3 Å². The standard InChI is InChI=1S/C17H15BrO5/c1-20-10-6-7-12(18)11(8-10)13(19)9-16-22-15-5-3-4-14(21-2)17(15)23-16/h3-8,16H,9H2,1-2H3. The van der Waals surface area contributed by atoms with Gasteiger partial charge in [0, 0.05) is 10.0 Å². The molecular formula is C17H15BrO5. The van der Waals surface area contributed by atoms with Gasteiger partial charge in [0.25, 0.3) is 0 Å². The number of ether oxygens (including phenoxy) is 4. The first-order chi connectivity index (χ1) is 11.1. The lowest BCUT2D eigenvalue weighted by Gasteiger charge is -2.11. The van der Waals surface area contributed by atoms with Gasteiger partial charge in [-0.3, -0.25) is 4.79 Å². The first kappa shape index (κ1) is 15.7. The predicted molar refractivity (Wildman–Crippen MR) is 87.7 cm³/mol. The molecule has 0 aliphatic carbocycles. The fourth-order valence-electron chi connectivity index (χ4n) is 2.35. The highest BCUT2D eigenvalue weighted by Gasteiger charge is 2.30. The molecule has 0 N–H and O–H groups in total. The molecule has 1 unspecified atom stereocenters. The van der Waals surface area contributed by atoms with Crippen LogP contribution in [0.2, 0.25) is 0 Å². The van der Waals surface area contributed by atoms with Crippen LogP contribution in [-0.4, -0.2) is 26.3 Å². The average Bonchev–Trinajstić information content (AvgIpc) is 2.97. The monoisotopic (exact) mass is 378 g/mol. The fourth-order valence-corrected chi connectivity index (χ4v) is 2.82. The Balaban J connectivity index is 1.75. The molecule has 0 amide bonds. The quantitative estimate of drug-likeness (QED) is 0.739. The summed E-state index contributed by atoms with van der Waals surface area (Å²) in [5.41, 5.74) is 0.527. The Labute approximate surface area is 142 Å². The Bertz CT molecular complexity index is 744. The zero-order valence-corrected chi connectivity index (χ0v) is 14.3. The molecule has 0 aromatic heterocycles. The lowest BCUT2D eigenvalue weighted by Crippen LogP contribution is -2.22. The maximum atomic E-state index is 12.5. The van der Waals surface area contributed by atoms with E-state index in [1.807, 2.05) is 6.07 Å². The minimum absolute atomic E-state index is 0.0869. The average molecular weight is 379 g/mol. The summed E-state index contributed by atoms with van der Waals surface area (Å²) in [4.78, 5) is 12.5. The van der Waals surface area contributed by atoms with E-state index in [4.69, 9.17) is 18.9 Å². The topological polar surface area (TPSA) is 54.0 Å². The number of hydrogen-bond donors (Lipinski definition) is 0. The number of ketones is 1. The maximum Gasteiger partial charge on any atom is 0.248 e. The van der Waals surface area contributed by atoms with Crippen LogP contribution in [0.3, 0.4) is 0 Å². The number of methoxy groups -OCH3 is 2. The molecule has 2 aromatic carbocycles. The molecule has 0 radical (unpaired) electrons. The minimum atomic E-state index is -0.674. The van der Waals surface area contributed by atoms with Crippen molar-refractivity contribution in [3.05, 3.63) is 46.4 Å². The number of halogens is 1. The van der Waals surface area contributed by atoms with Crippen LogP contribution in [0.25, 0.3) is 0 Å². The van der Waals surface area contributed by atoms with Crippen LogP contribution in [0.5, 0.6) is 23.0 Å². The predicted octanol–water partition coefficient (Wildman–Crippen LogP) is 3.84. The molecule has 0 saturated heterocycles. The van der Waals surface area contributed by atoms with Gasteiger partial charge >= 0.3 is 0 Å². The van der Waals surface area contributed by atoms with Crippen LogP contribution >= 0.6 is 15.9 Å². The van der Waals surface area contributed by atoms with Crippen molar-refractivity contribution in [3.63, 3.8) is 0 Å². The first-order valence-corrected chi connectivity index (χ1v) is 7.78. The van der Waals surface area contributed by atoms with Gasteiger partial charge < -0.3 is 18.9 Å². The third-order valence-electron chi connectivity index (χ3n) is 3.50. The molecule has 6 heteroatoms. The van der Waals surface area contributed by atoms with Crippen LogP contribution in [0, 0.1) is 0 Å². The molecule has 2 aromatic rings. The first-order valence-electron chi connectivity index (χ1n) is 6.99. The lowest BCUT2D eigenvalue weighted by molar-refractivity contribution is 0.0382. The van der Waals surface area contributed by atoms with Crippen molar-refractivity contribution in [2.45, 2.75) is 12.7 Å². The molecule has 1 aliphatic heterocycles. The molecule has 1 heterocycles. The number of para-hydroxylation sites is 1. The number of rotatable bonds is 5. The van der Waals surface area contributed by atoms with Crippen molar-refractivity contribution in [3.8, 4) is 23.0 Å². The molecule has 1 atom stereocenters. The summed E-state index contributed by atoms with van der Waals surface area (Å²) in [6.07, 6.45) is -0.587. The Kier molecular flexibility index (Phi) is 4.43. The van der Waals surface area contributed by atoms with Crippen molar-refractivity contribution >= 4 is 21.7 Å². The van der Waals surface area contributed by atoms with E-state index in [2.05, 4.69) is 15.9 Å². The van der Waals surface area contributed by atoms with Crippen molar-refractivity contribution in [2.24, 2.45) is 0 Å². The zero-order chi connectivity index (χ0) is 16.4. The van der Waals surface area contributed by atoms with Crippen molar-refractivity contribution < 1.29 is 23.7 Å². The van der Waals surface area contributed by atoms with E-state index < -0.39 is 6.29 Å². The number of hydrogen-bond acceptors (Lipinski definition) is 5. The second-order valence-electron chi connectivity index (χ2n) is 4.93. The Morgan fingerprint density at radius 2 is 2.00 bits per heavy atom. The van der Waals surface area contributed by atoms with Crippen LogP contribution in [-0.2, 0) is 0 Å². The van der Waals surface area contributed by atoms with Gasteiger partial charge in [-0.2, -0.15) is 0 Å². The van der Waals surface area contributed by atoms with Crippen molar-refractivity contribution in [2.75, 3.05) is 14.2 Å². The zero-order valence-electron chi connectivity index (χ0n) is 12.7. The second-order valence-corrected chi connectivity index (χ2v) is 5.78. The normalized spacial score (nSPS) is 15.3. The summed E-state index contributed by atoms with van der Waals surface area (Å²) in [7, 11) is 3.12. The van der Waals surface area contributed by atoms with Gasteiger partial charge in [-0.25, -0.2) is 0 Å². The van der Waals surface area contributed by atoms with E-state index in [0.717, 1.165) is 0 Å². The molecule has 0 fully saturated rings. The molecule has 0 saturated carbocycles. The highest BCUT2D eigenvalue weighted by Crippen LogP contribution is 2.43. The summed E-state index contributed by atoms with van der Waals surface area (Å²) in [5, 5.41) is 0. The molecule has 5 nitrogen and oxygen atoms in total. The van der Waals surface area contributed by atoms with Crippen LogP contribution in [0.4, 0.5) is 0 Å². The number of carbonyl (C=O) groups excluding carboxylic acids is 1.